The van der Waals surface area contributed by atoms with Crippen LogP contribution >= 0.6 is 11.6 Å². The van der Waals surface area contributed by atoms with Crippen LogP contribution in [-0.4, -0.2) is 25.6 Å². The molecule has 0 fully saturated rings. The van der Waals surface area contributed by atoms with Crippen molar-refractivity contribution in [2.75, 3.05) is 19.6 Å². The fourth-order valence-electron chi connectivity index (χ4n) is 1.57. The van der Waals surface area contributed by atoms with Crippen molar-refractivity contribution in [3.63, 3.8) is 0 Å². The van der Waals surface area contributed by atoms with Crippen molar-refractivity contribution in [2.45, 2.75) is 19.8 Å². The summed E-state index contributed by atoms with van der Waals surface area (Å²) in [5, 5.41) is 0. The highest BCUT2D eigenvalue weighted by molar-refractivity contribution is 6.17. The number of aryl methyl sites for hydroxylation is 1. The van der Waals surface area contributed by atoms with Gasteiger partial charge in [0.2, 0.25) is 0 Å². The summed E-state index contributed by atoms with van der Waals surface area (Å²) in [4.78, 5) is 11.6. The molecule has 0 radical (unpaired) electrons. The molecule has 0 saturated carbocycles. The van der Waals surface area contributed by atoms with Crippen LogP contribution in [0.25, 0.3) is 0 Å². The molecule has 0 N–H and O–H groups in total. The van der Waals surface area contributed by atoms with E-state index in [0.717, 1.165) is 24.2 Å². The Morgan fingerprint density at radius 3 is 2.76 bits per heavy atom. The first kappa shape index (κ1) is 13.8. The molecule has 0 spiro atoms. The summed E-state index contributed by atoms with van der Waals surface area (Å²) in [6.07, 6.45) is 1.64. The second-order valence-electron chi connectivity index (χ2n) is 3.54. The highest BCUT2D eigenvalue weighted by Crippen LogP contribution is 2.22. The second kappa shape index (κ2) is 7.17. The number of halogens is 1. The molecule has 0 heterocycles. The van der Waals surface area contributed by atoms with Crippen LogP contribution in [0.2, 0.25) is 0 Å². The molecular weight excluding hydrogens is 240 g/mol. The normalized spacial score (nSPS) is 10.1. The van der Waals surface area contributed by atoms with Gasteiger partial charge < -0.3 is 9.47 Å². The summed E-state index contributed by atoms with van der Waals surface area (Å²) < 4.78 is 10.2. The van der Waals surface area contributed by atoms with Crippen LogP contribution in [0.1, 0.15) is 29.3 Å². The van der Waals surface area contributed by atoms with Crippen molar-refractivity contribution >= 4 is 17.6 Å². The Morgan fingerprint density at radius 2 is 2.18 bits per heavy atom. The van der Waals surface area contributed by atoms with Gasteiger partial charge in [-0.3, -0.25) is 0 Å². The molecule has 4 heteroatoms. The van der Waals surface area contributed by atoms with E-state index in [2.05, 4.69) is 0 Å². The monoisotopic (exact) mass is 256 g/mol. The molecule has 0 saturated heterocycles. The Balaban J connectivity index is 2.91. The minimum Gasteiger partial charge on any atom is -0.496 e. The third kappa shape index (κ3) is 3.93. The van der Waals surface area contributed by atoms with Crippen LogP contribution < -0.4 is 4.74 Å². The maximum absolute atomic E-state index is 11.6. The van der Waals surface area contributed by atoms with E-state index in [-0.39, 0.29) is 5.97 Å². The van der Waals surface area contributed by atoms with Gasteiger partial charge >= 0.3 is 5.97 Å². The van der Waals surface area contributed by atoms with Crippen molar-refractivity contribution in [1.29, 1.82) is 0 Å². The predicted octanol–water partition coefficient (Wildman–Crippen LogP) is 3.04. The Labute approximate surface area is 107 Å². The SMILES string of the molecule is CCOC(=O)c1ccc(OC)c(CCCCl)c1. The smallest absolute Gasteiger partial charge is 0.338 e. The van der Waals surface area contributed by atoms with E-state index in [4.69, 9.17) is 21.1 Å². The van der Waals surface area contributed by atoms with Gasteiger partial charge in [-0.2, -0.15) is 0 Å². The third-order valence-electron chi connectivity index (χ3n) is 2.37. The van der Waals surface area contributed by atoms with Crippen LogP contribution in [0.3, 0.4) is 0 Å². The standard InChI is InChI=1S/C13H17ClO3/c1-3-17-13(15)11-6-7-12(16-2)10(9-11)5-4-8-14/h6-7,9H,3-5,8H2,1-2H3. The average Bonchev–Trinajstić information content (AvgIpc) is 2.36. The molecule has 0 aliphatic carbocycles. The van der Waals surface area contributed by atoms with Gasteiger partial charge in [0.15, 0.2) is 0 Å². The molecule has 0 amide bonds. The molecule has 17 heavy (non-hydrogen) atoms. The summed E-state index contributed by atoms with van der Waals surface area (Å²) in [6, 6.07) is 5.31. The zero-order chi connectivity index (χ0) is 12.7. The number of esters is 1. The molecular formula is C13H17ClO3. The third-order valence-corrected chi connectivity index (χ3v) is 2.64. The number of alkyl halides is 1. The highest BCUT2D eigenvalue weighted by Gasteiger charge is 2.10. The van der Waals surface area contributed by atoms with Gasteiger partial charge in [-0.25, -0.2) is 4.79 Å². The number of hydrogen-bond acceptors (Lipinski definition) is 3. The maximum atomic E-state index is 11.6. The lowest BCUT2D eigenvalue weighted by atomic mass is 10.1. The average molecular weight is 257 g/mol. The number of carbonyl (C=O) groups excluding carboxylic acids is 1. The summed E-state index contributed by atoms with van der Waals surface area (Å²) >= 11 is 5.67. The van der Waals surface area contributed by atoms with Crippen LogP contribution in [0.4, 0.5) is 0 Å². The van der Waals surface area contributed by atoms with E-state index < -0.39 is 0 Å². The molecule has 0 atom stereocenters. The lowest BCUT2D eigenvalue weighted by Gasteiger charge is -2.09. The zero-order valence-corrected chi connectivity index (χ0v) is 10.9. The second-order valence-corrected chi connectivity index (χ2v) is 3.92. The molecule has 0 aliphatic heterocycles. The fourth-order valence-corrected chi connectivity index (χ4v) is 1.71. The fraction of sp³-hybridized carbons (Fsp3) is 0.462. The largest absolute Gasteiger partial charge is 0.496 e. The van der Waals surface area contributed by atoms with E-state index in [1.165, 1.54) is 0 Å². The van der Waals surface area contributed by atoms with E-state index in [9.17, 15) is 4.79 Å². The van der Waals surface area contributed by atoms with Gasteiger partial charge in [0, 0.05) is 5.88 Å². The van der Waals surface area contributed by atoms with E-state index >= 15 is 0 Å². The van der Waals surface area contributed by atoms with Crippen molar-refractivity contribution in [1.82, 2.24) is 0 Å². The topological polar surface area (TPSA) is 35.5 Å². The molecule has 1 rings (SSSR count). The number of hydrogen-bond donors (Lipinski definition) is 0. The molecule has 0 bridgehead atoms. The Hall–Kier alpha value is -1.22. The quantitative estimate of drug-likeness (QED) is 0.580. The van der Waals surface area contributed by atoms with Gasteiger partial charge in [-0.15, -0.1) is 11.6 Å². The van der Waals surface area contributed by atoms with Gasteiger partial charge in [-0.1, -0.05) is 0 Å². The molecule has 3 nitrogen and oxygen atoms in total. The lowest BCUT2D eigenvalue weighted by molar-refractivity contribution is 0.0526. The Bertz CT molecular complexity index is 377. The summed E-state index contributed by atoms with van der Waals surface area (Å²) in [6.45, 7) is 2.16. The van der Waals surface area contributed by atoms with Crippen molar-refractivity contribution in [2.24, 2.45) is 0 Å². The van der Waals surface area contributed by atoms with E-state index in [1.807, 2.05) is 6.07 Å². The zero-order valence-electron chi connectivity index (χ0n) is 10.2. The van der Waals surface area contributed by atoms with Crippen molar-refractivity contribution in [3.8, 4) is 5.75 Å². The van der Waals surface area contributed by atoms with Gasteiger partial charge in [0.25, 0.3) is 0 Å². The lowest BCUT2D eigenvalue weighted by Crippen LogP contribution is -2.06. The first-order valence-corrected chi connectivity index (χ1v) is 6.16. The molecule has 1 aromatic carbocycles. The first-order chi connectivity index (χ1) is 8.22. The predicted molar refractivity (Wildman–Crippen MR) is 68.0 cm³/mol. The highest BCUT2D eigenvalue weighted by atomic mass is 35.5. The van der Waals surface area contributed by atoms with Crippen LogP contribution in [-0.2, 0) is 11.2 Å². The Morgan fingerprint density at radius 1 is 1.41 bits per heavy atom. The van der Waals surface area contributed by atoms with Crippen LogP contribution in [0.5, 0.6) is 5.75 Å². The van der Waals surface area contributed by atoms with E-state index in [0.29, 0.717) is 18.1 Å². The minimum absolute atomic E-state index is 0.303. The van der Waals surface area contributed by atoms with Gasteiger partial charge in [0.1, 0.15) is 5.75 Å². The molecule has 0 aliphatic rings. The number of rotatable bonds is 6. The van der Waals surface area contributed by atoms with Gasteiger partial charge in [0.05, 0.1) is 19.3 Å². The summed E-state index contributed by atoms with van der Waals surface area (Å²) in [7, 11) is 1.61. The number of carbonyl (C=O) groups is 1. The summed E-state index contributed by atoms with van der Waals surface area (Å²) in [5.74, 6) is 1.07. The number of methoxy groups -OCH3 is 1. The molecule has 94 valence electrons. The maximum Gasteiger partial charge on any atom is 0.338 e. The van der Waals surface area contributed by atoms with Crippen LogP contribution in [0.15, 0.2) is 18.2 Å². The molecule has 0 aromatic heterocycles. The van der Waals surface area contributed by atoms with Crippen LogP contribution in [0, 0.1) is 0 Å². The van der Waals surface area contributed by atoms with Crippen molar-refractivity contribution in [3.05, 3.63) is 29.3 Å². The molecule has 1 aromatic rings. The number of ether oxygens (including phenoxy) is 2. The first-order valence-electron chi connectivity index (χ1n) is 5.63. The molecule has 0 unspecified atom stereocenters. The summed E-state index contributed by atoms with van der Waals surface area (Å²) in [5.41, 5.74) is 1.54. The number of benzene rings is 1. The van der Waals surface area contributed by atoms with Crippen molar-refractivity contribution < 1.29 is 14.3 Å². The van der Waals surface area contributed by atoms with E-state index in [1.54, 1.807) is 26.2 Å². The minimum atomic E-state index is -0.303. The Kier molecular flexibility index (Phi) is 5.84. The van der Waals surface area contributed by atoms with Gasteiger partial charge in [-0.05, 0) is 43.5 Å².